The van der Waals surface area contributed by atoms with Gasteiger partial charge in [0.2, 0.25) is 5.13 Å². The largest absolute Gasteiger partial charge is 0.393 e. The number of hydrogen-bond donors (Lipinski definition) is 1. The van der Waals surface area contributed by atoms with Crippen LogP contribution in [0.15, 0.2) is 0 Å². The Bertz CT molecular complexity index is 348. The molecule has 4 nitrogen and oxygen atoms in total. The third-order valence-corrected chi connectivity index (χ3v) is 3.10. The van der Waals surface area contributed by atoms with Crippen molar-refractivity contribution in [2.45, 2.75) is 27.2 Å². The first-order chi connectivity index (χ1) is 7.49. The van der Waals surface area contributed by atoms with Gasteiger partial charge in [0, 0.05) is 19.5 Å². The van der Waals surface area contributed by atoms with Crippen LogP contribution in [0.4, 0.5) is 5.13 Å². The van der Waals surface area contributed by atoms with Crippen molar-refractivity contribution in [3.8, 4) is 0 Å². The van der Waals surface area contributed by atoms with Gasteiger partial charge in [-0.1, -0.05) is 37.4 Å². The second-order valence-electron chi connectivity index (χ2n) is 4.16. The number of nitrogens with zero attached hydrogens (tertiary/aromatic N) is 3. The first-order valence-corrected chi connectivity index (χ1v) is 6.55. The molecule has 0 unspecified atom stereocenters. The van der Waals surface area contributed by atoms with Gasteiger partial charge in [-0.3, -0.25) is 0 Å². The highest BCUT2D eigenvalue weighted by Crippen LogP contribution is 2.20. The number of aromatic nitrogens is 2. The number of nitrogens with two attached hydrogens (primary N) is 1. The summed E-state index contributed by atoms with van der Waals surface area (Å²) in [5, 5.41) is 10.1. The van der Waals surface area contributed by atoms with Gasteiger partial charge in [-0.15, -0.1) is 10.2 Å². The van der Waals surface area contributed by atoms with Crippen molar-refractivity contribution in [3.05, 3.63) is 5.01 Å². The third kappa shape index (κ3) is 4.40. The minimum atomic E-state index is 0.551. The van der Waals surface area contributed by atoms with Gasteiger partial charge in [-0.25, -0.2) is 0 Å². The van der Waals surface area contributed by atoms with E-state index in [0.29, 0.717) is 10.9 Å². The molecule has 0 aromatic carbocycles. The van der Waals surface area contributed by atoms with Gasteiger partial charge in [0.1, 0.15) is 5.01 Å². The maximum absolute atomic E-state index is 5.53. The molecule has 1 rings (SSSR count). The van der Waals surface area contributed by atoms with Crippen molar-refractivity contribution in [1.29, 1.82) is 0 Å². The topological polar surface area (TPSA) is 55.0 Å². The van der Waals surface area contributed by atoms with E-state index in [1.165, 1.54) is 0 Å². The molecule has 0 spiro atoms. The van der Waals surface area contributed by atoms with Crippen LogP contribution in [0.2, 0.25) is 0 Å². The highest BCUT2D eigenvalue weighted by Gasteiger charge is 2.12. The second-order valence-corrected chi connectivity index (χ2v) is 5.84. The van der Waals surface area contributed by atoms with Gasteiger partial charge < -0.3 is 10.6 Å². The summed E-state index contributed by atoms with van der Waals surface area (Å²) in [4.78, 5) is 2.75. The van der Waals surface area contributed by atoms with Crippen LogP contribution >= 0.6 is 23.6 Å². The van der Waals surface area contributed by atoms with E-state index in [2.05, 4.69) is 28.9 Å². The fourth-order valence-electron chi connectivity index (χ4n) is 1.36. The summed E-state index contributed by atoms with van der Waals surface area (Å²) in [6.45, 7) is 8.10. The molecule has 0 bridgehead atoms. The fourth-order valence-corrected chi connectivity index (χ4v) is 2.18. The van der Waals surface area contributed by atoms with Crippen LogP contribution in [0.25, 0.3) is 0 Å². The fraction of sp³-hybridized carbons (Fsp3) is 0.700. The lowest BCUT2D eigenvalue weighted by molar-refractivity contribution is 0.611. The summed E-state index contributed by atoms with van der Waals surface area (Å²) in [6, 6.07) is 0. The van der Waals surface area contributed by atoms with Crippen LogP contribution in [0.5, 0.6) is 0 Å². The van der Waals surface area contributed by atoms with Crippen molar-refractivity contribution < 1.29 is 0 Å². The standard InChI is InChI=1S/C10H18N4S2/c1-7(2)6-14(5-4-9(11)15)10-13-12-8(3)16-10/h7H,4-6H2,1-3H3,(H2,11,15). The van der Waals surface area contributed by atoms with E-state index >= 15 is 0 Å². The summed E-state index contributed by atoms with van der Waals surface area (Å²) in [5.74, 6) is 0.579. The molecule has 1 heterocycles. The molecule has 0 radical (unpaired) electrons. The lowest BCUT2D eigenvalue weighted by atomic mass is 10.2. The normalized spacial score (nSPS) is 10.8. The van der Waals surface area contributed by atoms with Gasteiger partial charge in [0.15, 0.2) is 0 Å². The molecule has 0 amide bonds. The van der Waals surface area contributed by atoms with E-state index in [0.717, 1.165) is 29.6 Å². The van der Waals surface area contributed by atoms with E-state index in [4.69, 9.17) is 18.0 Å². The Morgan fingerprint density at radius 1 is 1.50 bits per heavy atom. The monoisotopic (exact) mass is 258 g/mol. The quantitative estimate of drug-likeness (QED) is 0.791. The van der Waals surface area contributed by atoms with Gasteiger partial charge >= 0.3 is 0 Å². The molecule has 0 saturated heterocycles. The molecular weight excluding hydrogens is 240 g/mol. The highest BCUT2D eigenvalue weighted by molar-refractivity contribution is 7.80. The zero-order chi connectivity index (χ0) is 12.1. The van der Waals surface area contributed by atoms with Crippen molar-refractivity contribution >= 4 is 33.7 Å². The SMILES string of the molecule is Cc1nnc(N(CCC(N)=S)CC(C)C)s1. The van der Waals surface area contributed by atoms with Crippen molar-refractivity contribution in [3.63, 3.8) is 0 Å². The molecule has 0 aliphatic rings. The van der Waals surface area contributed by atoms with Gasteiger partial charge in [0.05, 0.1) is 4.99 Å². The highest BCUT2D eigenvalue weighted by atomic mass is 32.1. The zero-order valence-corrected chi connectivity index (χ0v) is 11.6. The first-order valence-electron chi connectivity index (χ1n) is 5.32. The number of rotatable bonds is 6. The minimum absolute atomic E-state index is 0.551. The first kappa shape index (κ1) is 13.3. The summed E-state index contributed by atoms with van der Waals surface area (Å²) < 4.78 is 0. The van der Waals surface area contributed by atoms with Crippen LogP contribution < -0.4 is 10.6 Å². The molecule has 1 aromatic heterocycles. The van der Waals surface area contributed by atoms with Crippen LogP contribution in [-0.4, -0.2) is 28.3 Å². The smallest absolute Gasteiger partial charge is 0.208 e. The summed E-state index contributed by atoms with van der Waals surface area (Å²) in [5.41, 5.74) is 5.53. The number of thiocarbonyl (C=S) groups is 1. The Balaban J connectivity index is 2.66. The van der Waals surface area contributed by atoms with Gasteiger partial charge in [-0.2, -0.15) is 0 Å². The van der Waals surface area contributed by atoms with Gasteiger partial charge in [-0.05, 0) is 12.8 Å². The van der Waals surface area contributed by atoms with E-state index in [-0.39, 0.29) is 0 Å². The third-order valence-electron chi connectivity index (χ3n) is 2.00. The Morgan fingerprint density at radius 3 is 2.62 bits per heavy atom. The van der Waals surface area contributed by atoms with Crippen molar-refractivity contribution in [1.82, 2.24) is 10.2 Å². The van der Waals surface area contributed by atoms with E-state index < -0.39 is 0 Å². The Morgan fingerprint density at radius 2 is 2.19 bits per heavy atom. The molecule has 0 atom stereocenters. The van der Waals surface area contributed by atoms with E-state index in [1.54, 1.807) is 11.3 Å². The van der Waals surface area contributed by atoms with E-state index in [9.17, 15) is 0 Å². The lowest BCUT2D eigenvalue weighted by Crippen LogP contribution is -2.30. The number of aryl methyl sites for hydroxylation is 1. The van der Waals surface area contributed by atoms with Crippen molar-refractivity contribution in [2.24, 2.45) is 11.7 Å². The lowest BCUT2D eigenvalue weighted by Gasteiger charge is -2.22. The average Bonchev–Trinajstić information content (AvgIpc) is 2.58. The predicted molar refractivity (Wildman–Crippen MR) is 73.1 cm³/mol. The molecule has 90 valence electrons. The zero-order valence-electron chi connectivity index (χ0n) is 9.93. The molecule has 1 aromatic rings. The molecule has 0 fully saturated rings. The maximum atomic E-state index is 5.53. The van der Waals surface area contributed by atoms with Crippen LogP contribution in [-0.2, 0) is 0 Å². The Hall–Kier alpha value is -0.750. The van der Waals surface area contributed by atoms with Crippen LogP contribution in [0.1, 0.15) is 25.3 Å². The summed E-state index contributed by atoms with van der Waals surface area (Å²) >= 11 is 6.51. The van der Waals surface area contributed by atoms with Crippen LogP contribution in [0.3, 0.4) is 0 Å². The van der Waals surface area contributed by atoms with Crippen LogP contribution in [0, 0.1) is 12.8 Å². The molecule has 0 aliphatic heterocycles. The molecule has 16 heavy (non-hydrogen) atoms. The van der Waals surface area contributed by atoms with Crippen molar-refractivity contribution in [2.75, 3.05) is 18.0 Å². The summed E-state index contributed by atoms with van der Waals surface area (Å²) in [7, 11) is 0. The maximum Gasteiger partial charge on any atom is 0.208 e. The molecular formula is C10H18N4S2. The van der Waals surface area contributed by atoms with Gasteiger partial charge in [0.25, 0.3) is 0 Å². The average molecular weight is 258 g/mol. The second kappa shape index (κ2) is 6.10. The predicted octanol–water partition coefficient (Wildman–Crippen LogP) is 1.99. The Kier molecular flexibility index (Phi) is 5.08. The minimum Gasteiger partial charge on any atom is -0.393 e. The molecule has 0 saturated carbocycles. The summed E-state index contributed by atoms with van der Waals surface area (Å²) in [6.07, 6.45) is 0.723. The molecule has 0 aliphatic carbocycles. The van der Waals surface area contributed by atoms with E-state index in [1.807, 2.05) is 6.92 Å². The molecule has 2 N–H and O–H groups in total. The number of hydrogen-bond acceptors (Lipinski definition) is 5. The molecule has 6 heteroatoms. The number of anilines is 1. The Labute approximate surface area is 106 Å².